The van der Waals surface area contributed by atoms with E-state index in [2.05, 4.69) is 10.9 Å². The quantitative estimate of drug-likeness (QED) is 0.499. The van der Waals surface area contributed by atoms with Crippen molar-refractivity contribution in [1.82, 2.24) is 4.98 Å². The van der Waals surface area contributed by atoms with Crippen LogP contribution in [0.2, 0.25) is 0 Å². The van der Waals surface area contributed by atoms with E-state index >= 15 is 0 Å². The molecule has 0 aliphatic carbocycles. The SMILES string of the molecule is C#CCOc1ccc(/C=C(/CCC(=O)O)c2nc3ccccc3s2)cc1OCC. The Morgan fingerprint density at radius 1 is 1.21 bits per heavy atom. The first-order valence-electron chi connectivity index (χ1n) is 9.22. The number of para-hydroxylation sites is 1. The molecule has 0 bridgehead atoms. The van der Waals surface area contributed by atoms with E-state index < -0.39 is 5.97 Å². The molecule has 1 N–H and O–H groups in total. The number of thiazole rings is 1. The molecule has 0 fully saturated rings. The fraction of sp³-hybridized carbons (Fsp3) is 0.217. The molecule has 0 atom stereocenters. The Labute approximate surface area is 173 Å². The number of benzene rings is 2. The molecule has 1 heterocycles. The lowest BCUT2D eigenvalue weighted by molar-refractivity contribution is -0.136. The average Bonchev–Trinajstić information content (AvgIpc) is 3.14. The minimum absolute atomic E-state index is 0.0312. The molecule has 0 spiro atoms. The van der Waals surface area contributed by atoms with Crippen LogP contribution in [0.3, 0.4) is 0 Å². The van der Waals surface area contributed by atoms with Gasteiger partial charge in [-0.1, -0.05) is 24.1 Å². The van der Waals surface area contributed by atoms with Crippen LogP contribution >= 0.6 is 11.3 Å². The number of hydrogen-bond donors (Lipinski definition) is 1. The van der Waals surface area contributed by atoms with Crippen molar-refractivity contribution in [1.29, 1.82) is 0 Å². The van der Waals surface area contributed by atoms with Gasteiger partial charge < -0.3 is 14.6 Å². The predicted octanol–water partition coefficient (Wildman–Crippen LogP) is 5.11. The highest BCUT2D eigenvalue weighted by Crippen LogP contribution is 2.33. The number of ether oxygens (including phenoxy) is 2. The first-order chi connectivity index (χ1) is 14.1. The van der Waals surface area contributed by atoms with E-state index in [1.807, 2.05) is 49.4 Å². The summed E-state index contributed by atoms with van der Waals surface area (Å²) >= 11 is 1.55. The lowest BCUT2D eigenvalue weighted by atomic mass is 10.1. The van der Waals surface area contributed by atoms with Crippen LogP contribution < -0.4 is 9.47 Å². The summed E-state index contributed by atoms with van der Waals surface area (Å²) in [4.78, 5) is 15.8. The van der Waals surface area contributed by atoms with Crippen LogP contribution in [0.4, 0.5) is 0 Å². The van der Waals surface area contributed by atoms with Crippen molar-refractivity contribution >= 4 is 39.2 Å². The molecule has 6 heteroatoms. The topological polar surface area (TPSA) is 68.7 Å². The van der Waals surface area contributed by atoms with Gasteiger partial charge in [0.1, 0.15) is 11.6 Å². The van der Waals surface area contributed by atoms with Crippen LogP contribution in [-0.2, 0) is 4.79 Å². The summed E-state index contributed by atoms with van der Waals surface area (Å²) in [5.74, 6) is 2.77. The summed E-state index contributed by atoms with van der Waals surface area (Å²) < 4.78 is 12.3. The molecule has 0 radical (unpaired) electrons. The van der Waals surface area contributed by atoms with Crippen molar-refractivity contribution in [3.63, 3.8) is 0 Å². The summed E-state index contributed by atoms with van der Waals surface area (Å²) in [7, 11) is 0. The van der Waals surface area contributed by atoms with Gasteiger partial charge in [-0.3, -0.25) is 4.79 Å². The summed E-state index contributed by atoms with van der Waals surface area (Å²) in [6.07, 6.45) is 7.64. The maximum atomic E-state index is 11.1. The third-order valence-electron chi connectivity index (χ3n) is 4.10. The number of carboxylic acid groups (broad SMARTS) is 1. The van der Waals surface area contributed by atoms with Crippen molar-refractivity contribution in [3.05, 3.63) is 53.0 Å². The molecular formula is C23H21NO4S. The van der Waals surface area contributed by atoms with Crippen LogP contribution in [0, 0.1) is 12.3 Å². The van der Waals surface area contributed by atoms with E-state index in [1.54, 1.807) is 17.4 Å². The maximum absolute atomic E-state index is 11.1. The molecule has 29 heavy (non-hydrogen) atoms. The Balaban J connectivity index is 1.99. The fourth-order valence-corrected chi connectivity index (χ4v) is 3.82. The monoisotopic (exact) mass is 407 g/mol. The number of allylic oxidation sites excluding steroid dienone is 1. The molecule has 148 valence electrons. The van der Waals surface area contributed by atoms with Crippen molar-refractivity contribution in [2.45, 2.75) is 19.8 Å². The van der Waals surface area contributed by atoms with Gasteiger partial charge in [-0.25, -0.2) is 4.98 Å². The largest absolute Gasteiger partial charge is 0.490 e. The summed E-state index contributed by atoms with van der Waals surface area (Å²) in [5.41, 5.74) is 2.65. The number of fused-ring (bicyclic) bond motifs is 1. The molecule has 0 aliphatic rings. The zero-order chi connectivity index (χ0) is 20.6. The Hall–Kier alpha value is -3.30. The van der Waals surface area contributed by atoms with Crippen molar-refractivity contribution < 1.29 is 19.4 Å². The lowest BCUT2D eigenvalue weighted by Gasteiger charge is -2.11. The van der Waals surface area contributed by atoms with E-state index in [4.69, 9.17) is 21.0 Å². The Kier molecular flexibility index (Phi) is 6.88. The number of nitrogens with zero attached hydrogens (tertiary/aromatic N) is 1. The molecule has 0 amide bonds. The third-order valence-corrected chi connectivity index (χ3v) is 5.21. The molecule has 2 aromatic carbocycles. The van der Waals surface area contributed by atoms with Crippen LogP contribution in [0.5, 0.6) is 11.5 Å². The molecule has 0 saturated carbocycles. The minimum Gasteiger partial charge on any atom is -0.490 e. The van der Waals surface area contributed by atoms with Gasteiger partial charge in [-0.05, 0) is 54.8 Å². The molecule has 3 rings (SSSR count). The number of aromatic nitrogens is 1. The van der Waals surface area contributed by atoms with Gasteiger partial charge in [0.2, 0.25) is 0 Å². The summed E-state index contributed by atoms with van der Waals surface area (Å²) in [6, 6.07) is 13.4. The molecule has 5 nitrogen and oxygen atoms in total. The second-order valence-electron chi connectivity index (χ2n) is 6.18. The van der Waals surface area contributed by atoms with E-state index in [1.165, 1.54) is 0 Å². The number of carbonyl (C=O) groups is 1. The standard InChI is InChI=1S/C23H21NO4S/c1-3-13-28-19-11-9-16(15-20(19)27-4-2)14-17(10-12-22(25)26)23-24-18-7-5-6-8-21(18)29-23/h1,5-9,11,14-15H,4,10,12-13H2,2H3,(H,25,26)/b17-14-. The van der Waals surface area contributed by atoms with Gasteiger partial charge in [-0.15, -0.1) is 17.8 Å². The maximum Gasteiger partial charge on any atom is 0.303 e. The number of aliphatic carboxylic acids is 1. The zero-order valence-corrected chi connectivity index (χ0v) is 16.9. The van der Waals surface area contributed by atoms with E-state index in [0.29, 0.717) is 24.5 Å². The smallest absolute Gasteiger partial charge is 0.303 e. The van der Waals surface area contributed by atoms with Crippen molar-refractivity contribution in [2.24, 2.45) is 0 Å². The second kappa shape index (κ2) is 9.76. The molecule has 0 saturated heterocycles. The van der Waals surface area contributed by atoms with Gasteiger partial charge in [0, 0.05) is 6.42 Å². The van der Waals surface area contributed by atoms with Crippen LogP contribution in [0.1, 0.15) is 30.3 Å². The summed E-state index contributed by atoms with van der Waals surface area (Å²) in [6.45, 7) is 2.54. The van der Waals surface area contributed by atoms with Gasteiger partial charge in [-0.2, -0.15) is 0 Å². The number of hydrogen-bond acceptors (Lipinski definition) is 5. The highest BCUT2D eigenvalue weighted by atomic mass is 32.1. The molecule has 0 aliphatic heterocycles. The molecule has 0 unspecified atom stereocenters. The first-order valence-corrected chi connectivity index (χ1v) is 10.0. The van der Waals surface area contributed by atoms with Crippen LogP contribution in [0.15, 0.2) is 42.5 Å². The predicted molar refractivity (Wildman–Crippen MR) is 116 cm³/mol. The molecule has 1 aromatic heterocycles. The van der Waals surface area contributed by atoms with E-state index in [9.17, 15) is 4.79 Å². The van der Waals surface area contributed by atoms with Crippen molar-refractivity contribution in [2.75, 3.05) is 13.2 Å². The van der Waals surface area contributed by atoms with Gasteiger partial charge in [0.25, 0.3) is 0 Å². The average molecular weight is 407 g/mol. The first kappa shape index (κ1) is 20.4. The van der Waals surface area contributed by atoms with Gasteiger partial charge in [0.15, 0.2) is 11.5 Å². The third kappa shape index (κ3) is 5.37. The number of carboxylic acids is 1. The minimum atomic E-state index is -0.843. The van der Waals surface area contributed by atoms with Crippen LogP contribution in [0.25, 0.3) is 21.9 Å². The van der Waals surface area contributed by atoms with E-state index in [-0.39, 0.29) is 13.0 Å². The lowest BCUT2D eigenvalue weighted by Crippen LogP contribution is -1.99. The van der Waals surface area contributed by atoms with Gasteiger partial charge >= 0.3 is 5.97 Å². The highest BCUT2D eigenvalue weighted by Gasteiger charge is 2.12. The Bertz CT molecular complexity index is 1040. The highest BCUT2D eigenvalue weighted by molar-refractivity contribution is 7.19. The normalized spacial score (nSPS) is 11.2. The molecular weight excluding hydrogens is 386 g/mol. The number of terminal acetylenes is 1. The second-order valence-corrected chi connectivity index (χ2v) is 7.21. The molecule has 3 aromatic rings. The van der Waals surface area contributed by atoms with E-state index in [0.717, 1.165) is 26.4 Å². The Morgan fingerprint density at radius 2 is 2.03 bits per heavy atom. The summed E-state index contributed by atoms with van der Waals surface area (Å²) in [5, 5.41) is 9.97. The van der Waals surface area contributed by atoms with Crippen LogP contribution in [-0.4, -0.2) is 29.3 Å². The fourth-order valence-electron chi connectivity index (χ4n) is 2.81. The number of rotatable bonds is 9. The Morgan fingerprint density at radius 3 is 2.76 bits per heavy atom. The van der Waals surface area contributed by atoms with Gasteiger partial charge in [0.05, 0.1) is 16.8 Å². The zero-order valence-electron chi connectivity index (χ0n) is 16.1. The van der Waals surface area contributed by atoms with Crippen molar-refractivity contribution in [3.8, 4) is 23.8 Å².